The maximum Gasteiger partial charge on any atom is 0.433 e. The Bertz CT molecular complexity index is 791. The molecule has 1 fully saturated rings. The highest BCUT2D eigenvalue weighted by molar-refractivity contribution is 6.06. The van der Waals surface area contributed by atoms with Gasteiger partial charge in [0, 0.05) is 29.5 Å². The normalized spacial score (nSPS) is 22.2. The van der Waals surface area contributed by atoms with Crippen molar-refractivity contribution in [1.82, 2.24) is 10.3 Å². The third-order valence-corrected chi connectivity index (χ3v) is 4.90. The Kier molecular flexibility index (Phi) is 6.05. The Balaban J connectivity index is 1.94. The topological polar surface area (TPSA) is 61.7 Å². The van der Waals surface area contributed by atoms with Crippen LogP contribution in [0.4, 0.5) is 18.9 Å². The van der Waals surface area contributed by atoms with Crippen LogP contribution in [0.2, 0.25) is 0 Å². The SMILES string of the molecule is CCC1C=C(C2CCC2)NC(=NC(C)C)N=C1Nc1ccnc(C(F)(F)F)c1. The molecule has 3 rings (SSSR count). The first-order valence-electron chi connectivity index (χ1n) is 9.71. The van der Waals surface area contributed by atoms with E-state index in [-0.39, 0.29) is 12.0 Å². The molecule has 0 spiro atoms. The Hall–Kier alpha value is -2.38. The van der Waals surface area contributed by atoms with Gasteiger partial charge in [0.1, 0.15) is 11.5 Å². The van der Waals surface area contributed by atoms with Gasteiger partial charge in [0.15, 0.2) is 0 Å². The number of allylic oxidation sites excluding steroid dienone is 1. The van der Waals surface area contributed by atoms with Crippen molar-refractivity contribution in [2.75, 3.05) is 5.32 Å². The number of aliphatic imine (C=N–C) groups is 2. The van der Waals surface area contributed by atoms with Crippen LogP contribution in [0.1, 0.15) is 52.1 Å². The Morgan fingerprint density at radius 3 is 2.64 bits per heavy atom. The van der Waals surface area contributed by atoms with Crippen molar-refractivity contribution in [2.24, 2.45) is 21.8 Å². The molecule has 1 saturated carbocycles. The second-order valence-electron chi connectivity index (χ2n) is 7.49. The lowest BCUT2D eigenvalue weighted by molar-refractivity contribution is -0.141. The summed E-state index contributed by atoms with van der Waals surface area (Å²) in [5, 5.41) is 6.43. The van der Waals surface area contributed by atoms with Gasteiger partial charge in [0.05, 0.1) is 0 Å². The van der Waals surface area contributed by atoms with Gasteiger partial charge in [-0.2, -0.15) is 18.2 Å². The first-order valence-corrected chi connectivity index (χ1v) is 9.71. The number of pyridine rings is 1. The van der Waals surface area contributed by atoms with Crippen molar-refractivity contribution in [3.8, 4) is 0 Å². The maximum atomic E-state index is 13.0. The van der Waals surface area contributed by atoms with Crippen molar-refractivity contribution in [3.63, 3.8) is 0 Å². The summed E-state index contributed by atoms with van der Waals surface area (Å²) >= 11 is 0. The number of anilines is 1. The lowest BCUT2D eigenvalue weighted by Gasteiger charge is -2.28. The van der Waals surface area contributed by atoms with Crippen LogP contribution in [0.25, 0.3) is 0 Å². The summed E-state index contributed by atoms with van der Waals surface area (Å²) in [6, 6.07) is 2.56. The van der Waals surface area contributed by atoms with E-state index < -0.39 is 11.9 Å². The number of guanidine groups is 1. The van der Waals surface area contributed by atoms with Crippen LogP contribution in [0, 0.1) is 11.8 Å². The molecule has 2 aliphatic rings. The van der Waals surface area contributed by atoms with Crippen LogP contribution in [0.3, 0.4) is 0 Å². The van der Waals surface area contributed by atoms with Gasteiger partial charge in [-0.3, -0.25) is 4.98 Å². The number of nitrogens with one attached hydrogen (secondary N) is 2. The summed E-state index contributed by atoms with van der Waals surface area (Å²) in [7, 11) is 0. The van der Waals surface area contributed by atoms with E-state index in [0.29, 0.717) is 23.4 Å². The standard InChI is InChI=1S/C20H26F3N5/c1-4-13-10-16(14-6-5-7-14)27-19(25-12(2)3)28-18(13)26-15-8-9-24-17(11-15)20(21,22)23/h8-14H,4-7H2,1-3H3,(H2,24,25,26,27,28). The van der Waals surface area contributed by atoms with E-state index in [1.54, 1.807) is 0 Å². The summed E-state index contributed by atoms with van der Waals surface area (Å²) in [4.78, 5) is 12.6. The molecule has 1 atom stereocenters. The van der Waals surface area contributed by atoms with Gasteiger partial charge in [0.2, 0.25) is 5.96 Å². The number of rotatable bonds is 4. The number of aromatic nitrogens is 1. The number of alkyl halides is 3. The minimum atomic E-state index is -4.49. The molecule has 0 aromatic carbocycles. The van der Waals surface area contributed by atoms with E-state index in [2.05, 4.69) is 31.7 Å². The van der Waals surface area contributed by atoms with Gasteiger partial charge >= 0.3 is 6.18 Å². The van der Waals surface area contributed by atoms with E-state index >= 15 is 0 Å². The van der Waals surface area contributed by atoms with Crippen LogP contribution in [0.5, 0.6) is 0 Å². The fraction of sp³-hybridized carbons (Fsp3) is 0.550. The third-order valence-electron chi connectivity index (χ3n) is 4.90. The maximum absolute atomic E-state index is 13.0. The van der Waals surface area contributed by atoms with E-state index in [0.717, 1.165) is 37.2 Å². The molecule has 0 bridgehead atoms. The Morgan fingerprint density at radius 2 is 2.07 bits per heavy atom. The summed E-state index contributed by atoms with van der Waals surface area (Å²) < 4.78 is 39.0. The minimum Gasteiger partial charge on any atom is -0.343 e. The molecule has 1 aromatic rings. The second-order valence-corrected chi connectivity index (χ2v) is 7.49. The molecule has 2 N–H and O–H groups in total. The highest BCUT2D eigenvalue weighted by Crippen LogP contribution is 2.34. The van der Waals surface area contributed by atoms with E-state index in [4.69, 9.17) is 0 Å². The molecule has 0 amide bonds. The molecular weight excluding hydrogens is 367 g/mol. The zero-order chi connectivity index (χ0) is 20.3. The van der Waals surface area contributed by atoms with Gasteiger partial charge in [-0.05, 0) is 51.2 Å². The van der Waals surface area contributed by atoms with E-state index in [1.807, 2.05) is 20.8 Å². The highest BCUT2D eigenvalue weighted by atomic mass is 19.4. The Labute approximate surface area is 163 Å². The van der Waals surface area contributed by atoms with E-state index in [9.17, 15) is 13.2 Å². The lowest BCUT2D eigenvalue weighted by Crippen LogP contribution is -2.29. The predicted molar refractivity (Wildman–Crippen MR) is 105 cm³/mol. The predicted octanol–water partition coefficient (Wildman–Crippen LogP) is 4.99. The molecule has 8 heteroatoms. The van der Waals surface area contributed by atoms with Gasteiger partial charge < -0.3 is 10.6 Å². The molecule has 152 valence electrons. The summed E-state index contributed by atoms with van der Waals surface area (Å²) in [5.41, 5.74) is 0.493. The third kappa shape index (κ3) is 4.91. The number of hydrogen-bond donors (Lipinski definition) is 2. The summed E-state index contributed by atoms with van der Waals surface area (Å²) in [6.45, 7) is 5.96. The number of nitrogens with zero attached hydrogens (tertiary/aromatic N) is 3. The van der Waals surface area contributed by atoms with Crippen molar-refractivity contribution in [1.29, 1.82) is 0 Å². The molecule has 1 aromatic heterocycles. The van der Waals surface area contributed by atoms with Gasteiger partial charge in [-0.15, -0.1) is 0 Å². The van der Waals surface area contributed by atoms with Gasteiger partial charge in [0.25, 0.3) is 0 Å². The number of amidine groups is 1. The van der Waals surface area contributed by atoms with Crippen LogP contribution in [0.15, 0.2) is 40.1 Å². The Morgan fingerprint density at radius 1 is 1.32 bits per heavy atom. The monoisotopic (exact) mass is 393 g/mol. The smallest absolute Gasteiger partial charge is 0.343 e. The van der Waals surface area contributed by atoms with Crippen LogP contribution in [-0.2, 0) is 6.18 Å². The van der Waals surface area contributed by atoms with E-state index in [1.165, 1.54) is 12.5 Å². The molecule has 28 heavy (non-hydrogen) atoms. The van der Waals surface area contributed by atoms with Crippen molar-refractivity contribution in [3.05, 3.63) is 35.8 Å². The molecular formula is C20H26F3N5. The van der Waals surface area contributed by atoms with Gasteiger partial charge in [-0.1, -0.05) is 19.4 Å². The number of hydrogen-bond acceptors (Lipinski definition) is 3. The fourth-order valence-corrected chi connectivity index (χ4v) is 3.20. The van der Waals surface area contributed by atoms with Gasteiger partial charge in [-0.25, -0.2) is 4.99 Å². The lowest BCUT2D eigenvalue weighted by atomic mass is 9.81. The van der Waals surface area contributed by atoms with Crippen molar-refractivity contribution in [2.45, 2.75) is 58.7 Å². The average molecular weight is 393 g/mol. The zero-order valence-electron chi connectivity index (χ0n) is 16.3. The fourth-order valence-electron chi connectivity index (χ4n) is 3.20. The first kappa shape index (κ1) is 20.4. The molecule has 2 heterocycles. The average Bonchev–Trinajstić information content (AvgIpc) is 2.71. The molecule has 0 saturated heterocycles. The first-order chi connectivity index (χ1) is 13.3. The second kappa shape index (κ2) is 8.32. The molecule has 1 unspecified atom stereocenters. The molecule has 5 nitrogen and oxygen atoms in total. The van der Waals surface area contributed by atoms with Crippen LogP contribution < -0.4 is 10.6 Å². The number of halogens is 3. The molecule has 0 radical (unpaired) electrons. The largest absolute Gasteiger partial charge is 0.433 e. The van der Waals surface area contributed by atoms with Crippen LogP contribution in [-0.4, -0.2) is 22.8 Å². The quantitative estimate of drug-likeness (QED) is 0.758. The highest BCUT2D eigenvalue weighted by Gasteiger charge is 2.33. The van der Waals surface area contributed by atoms with Crippen molar-refractivity contribution < 1.29 is 13.2 Å². The molecule has 1 aliphatic heterocycles. The van der Waals surface area contributed by atoms with Crippen molar-refractivity contribution >= 4 is 17.5 Å². The molecule has 1 aliphatic carbocycles. The summed E-state index contributed by atoms with van der Waals surface area (Å²) in [6.07, 6.45) is 3.05. The zero-order valence-corrected chi connectivity index (χ0v) is 16.3. The minimum absolute atomic E-state index is 0.0366. The van der Waals surface area contributed by atoms with Crippen LogP contribution >= 0.6 is 0 Å². The summed E-state index contributed by atoms with van der Waals surface area (Å²) in [5.74, 6) is 1.52.